The van der Waals surface area contributed by atoms with Crippen LogP contribution in [0.1, 0.15) is 11.1 Å². The number of carbonyl (C=O) groups is 2. The third-order valence-electron chi connectivity index (χ3n) is 2.13. The van der Waals surface area contributed by atoms with E-state index >= 15 is 0 Å². The van der Waals surface area contributed by atoms with Crippen molar-refractivity contribution in [1.29, 1.82) is 0 Å². The average Bonchev–Trinajstić information content (AvgIpc) is 2.22. The number of hydrogen-bond acceptors (Lipinski definition) is 3. The minimum Gasteiger partial charge on any atom is -0.478 e. The molecule has 0 aliphatic rings. The van der Waals surface area contributed by atoms with Gasteiger partial charge in [-0.05, 0) is 31.0 Å². The molecule has 4 nitrogen and oxygen atoms in total. The summed E-state index contributed by atoms with van der Waals surface area (Å²) < 4.78 is 4.99. The second-order valence-electron chi connectivity index (χ2n) is 3.29. The number of hydrogen-bond donors (Lipinski definition) is 1. The zero-order chi connectivity index (χ0) is 12.1. The Hall–Kier alpha value is -2.10. The molecule has 0 saturated heterocycles. The van der Waals surface area contributed by atoms with E-state index in [0.717, 1.165) is 23.3 Å². The van der Waals surface area contributed by atoms with E-state index in [1.165, 1.54) is 0 Å². The summed E-state index contributed by atoms with van der Waals surface area (Å²) in [5.74, 6) is -1.44. The molecule has 16 heavy (non-hydrogen) atoms. The Bertz CT molecular complexity index is 446. The van der Waals surface area contributed by atoms with Crippen LogP contribution in [0.4, 0.5) is 0 Å². The Morgan fingerprint density at radius 2 is 1.94 bits per heavy atom. The molecule has 0 spiro atoms. The summed E-state index contributed by atoms with van der Waals surface area (Å²) in [4.78, 5) is 21.4. The molecule has 0 amide bonds. The second kappa shape index (κ2) is 5.11. The van der Waals surface area contributed by atoms with Gasteiger partial charge in [0.1, 0.15) is 5.75 Å². The van der Waals surface area contributed by atoms with Crippen LogP contribution in [0.3, 0.4) is 0 Å². The quantitative estimate of drug-likeness (QED) is 0.479. The molecule has 0 fully saturated rings. The predicted molar refractivity (Wildman–Crippen MR) is 58.3 cm³/mol. The lowest BCUT2D eigenvalue weighted by molar-refractivity contribution is -0.133. The number of carbonyl (C=O) groups excluding carboxylic acids is 1. The molecule has 0 aliphatic carbocycles. The maximum Gasteiger partial charge on any atom is 0.336 e. The largest absolute Gasteiger partial charge is 0.478 e. The number of aryl methyl sites for hydroxylation is 1. The summed E-state index contributed by atoms with van der Waals surface area (Å²) >= 11 is 0. The van der Waals surface area contributed by atoms with Crippen LogP contribution in [-0.4, -0.2) is 17.0 Å². The van der Waals surface area contributed by atoms with Gasteiger partial charge in [0, 0.05) is 12.2 Å². The van der Waals surface area contributed by atoms with E-state index in [0.29, 0.717) is 5.75 Å². The Kier molecular flexibility index (Phi) is 3.83. The van der Waals surface area contributed by atoms with Crippen molar-refractivity contribution in [3.8, 4) is 5.75 Å². The number of rotatable bonds is 3. The molecule has 0 unspecified atom stereocenters. The van der Waals surface area contributed by atoms with Gasteiger partial charge in [0.15, 0.2) is 0 Å². The molecular weight excluding hydrogens is 208 g/mol. The lowest BCUT2D eigenvalue weighted by Crippen LogP contribution is -2.06. The van der Waals surface area contributed by atoms with Crippen LogP contribution in [-0.2, 0) is 9.59 Å². The van der Waals surface area contributed by atoms with Crippen LogP contribution in [0.15, 0.2) is 30.4 Å². The van der Waals surface area contributed by atoms with Gasteiger partial charge in [-0.1, -0.05) is 12.1 Å². The highest BCUT2D eigenvalue weighted by atomic mass is 16.5. The molecule has 1 N–H and O–H groups in total. The Balaban J connectivity index is 2.78. The van der Waals surface area contributed by atoms with Crippen LogP contribution in [0.2, 0.25) is 0 Å². The van der Waals surface area contributed by atoms with E-state index < -0.39 is 11.9 Å². The minimum absolute atomic E-state index is 0.444. The van der Waals surface area contributed by atoms with E-state index in [4.69, 9.17) is 9.84 Å². The molecule has 84 valence electrons. The van der Waals surface area contributed by atoms with Crippen LogP contribution >= 0.6 is 0 Å². The maximum absolute atomic E-state index is 11.2. The molecule has 0 atom stereocenters. The molecule has 1 aromatic carbocycles. The van der Waals surface area contributed by atoms with E-state index in [9.17, 15) is 9.59 Å². The first-order valence-corrected chi connectivity index (χ1v) is 4.69. The normalized spacial score (nSPS) is 10.4. The Morgan fingerprint density at radius 3 is 2.56 bits per heavy atom. The highest BCUT2D eigenvalue weighted by Crippen LogP contribution is 2.20. The lowest BCUT2D eigenvalue weighted by Gasteiger charge is -2.06. The first-order chi connectivity index (χ1) is 7.50. The van der Waals surface area contributed by atoms with E-state index in [1.807, 2.05) is 19.9 Å². The summed E-state index contributed by atoms with van der Waals surface area (Å²) in [6.45, 7) is 3.73. The van der Waals surface area contributed by atoms with Gasteiger partial charge >= 0.3 is 11.9 Å². The molecule has 0 bridgehead atoms. The Labute approximate surface area is 93.2 Å². The molecule has 0 heterocycles. The fourth-order valence-corrected chi connectivity index (χ4v) is 1.12. The van der Waals surface area contributed by atoms with Crippen LogP contribution in [0, 0.1) is 13.8 Å². The van der Waals surface area contributed by atoms with Crippen molar-refractivity contribution < 1.29 is 19.4 Å². The second-order valence-corrected chi connectivity index (χ2v) is 3.29. The summed E-state index contributed by atoms with van der Waals surface area (Å²) in [6, 6.07) is 5.33. The molecule has 1 aromatic rings. The average molecular weight is 220 g/mol. The molecule has 4 heteroatoms. The number of ether oxygens (including phenoxy) is 1. The highest BCUT2D eigenvalue weighted by Gasteiger charge is 2.05. The highest BCUT2D eigenvalue weighted by molar-refractivity contribution is 5.91. The topological polar surface area (TPSA) is 63.6 Å². The first kappa shape index (κ1) is 12.0. The van der Waals surface area contributed by atoms with Crippen LogP contribution in [0.25, 0.3) is 0 Å². The van der Waals surface area contributed by atoms with Crippen molar-refractivity contribution in [2.45, 2.75) is 13.8 Å². The predicted octanol–water partition coefficient (Wildman–Crippen LogP) is 1.85. The van der Waals surface area contributed by atoms with Crippen molar-refractivity contribution in [1.82, 2.24) is 0 Å². The zero-order valence-corrected chi connectivity index (χ0v) is 9.06. The number of esters is 1. The van der Waals surface area contributed by atoms with Gasteiger partial charge in [0.2, 0.25) is 0 Å². The molecular formula is C12H12O4. The smallest absolute Gasteiger partial charge is 0.336 e. The lowest BCUT2D eigenvalue weighted by atomic mass is 10.1. The molecule has 0 aromatic heterocycles. The van der Waals surface area contributed by atoms with E-state index in [1.54, 1.807) is 12.1 Å². The summed E-state index contributed by atoms with van der Waals surface area (Å²) in [5, 5.41) is 8.33. The minimum atomic E-state index is -1.18. The van der Waals surface area contributed by atoms with E-state index in [-0.39, 0.29) is 0 Å². The van der Waals surface area contributed by atoms with Crippen molar-refractivity contribution in [2.75, 3.05) is 0 Å². The van der Waals surface area contributed by atoms with Crippen LogP contribution < -0.4 is 4.74 Å². The molecule has 0 saturated carbocycles. The summed E-state index contributed by atoms with van der Waals surface area (Å²) in [5.41, 5.74) is 1.87. The maximum atomic E-state index is 11.2. The summed E-state index contributed by atoms with van der Waals surface area (Å²) in [7, 11) is 0. The van der Waals surface area contributed by atoms with E-state index in [2.05, 4.69) is 0 Å². The fourth-order valence-electron chi connectivity index (χ4n) is 1.12. The fraction of sp³-hybridized carbons (Fsp3) is 0.167. The third kappa shape index (κ3) is 3.24. The molecule has 1 rings (SSSR count). The Morgan fingerprint density at radius 1 is 1.25 bits per heavy atom. The van der Waals surface area contributed by atoms with Gasteiger partial charge in [-0.3, -0.25) is 0 Å². The first-order valence-electron chi connectivity index (χ1n) is 4.69. The van der Waals surface area contributed by atoms with Gasteiger partial charge in [-0.2, -0.15) is 0 Å². The number of carboxylic acids is 1. The van der Waals surface area contributed by atoms with Gasteiger partial charge in [-0.15, -0.1) is 0 Å². The standard InChI is InChI=1S/C12H12O4/c1-8-4-3-5-10(9(8)2)16-12(15)7-6-11(13)14/h3-7H,1-2H3,(H,13,14). The molecule has 0 aliphatic heterocycles. The van der Waals surface area contributed by atoms with Crippen LogP contribution in [0.5, 0.6) is 5.75 Å². The van der Waals surface area contributed by atoms with Crippen molar-refractivity contribution in [3.05, 3.63) is 41.5 Å². The van der Waals surface area contributed by atoms with Gasteiger partial charge in [0.25, 0.3) is 0 Å². The van der Waals surface area contributed by atoms with Gasteiger partial charge in [0.05, 0.1) is 0 Å². The van der Waals surface area contributed by atoms with Crippen molar-refractivity contribution in [3.63, 3.8) is 0 Å². The number of carboxylic acid groups (broad SMARTS) is 1. The van der Waals surface area contributed by atoms with Crippen molar-refractivity contribution in [2.24, 2.45) is 0 Å². The van der Waals surface area contributed by atoms with Gasteiger partial charge < -0.3 is 9.84 Å². The van der Waals surface area contributed by atoms with Gasteiger partial charge in [-0.25, -0.2) is 9.59 Å². The number of aliphatic carboxylic acids is 1. The summed E-state index contributed by atoms with van der Waals surface area (Å²) in [6.07, 6.45) is 1.62. The SMILES string of the molecule is Cc1cccc(OC(=O)C=CC(=O)O)c1C. The molecule has 0 radical (unpaired) electrons. The van der Waals surface area contributed by atoms with Crippen molar-refractivity contribution >= 4 is 11.9 Å². The monoisotopic (exact) mass is 220 g/mol. The number of benzene rings is 1. The third-order valence-corrected chi connectivity index (χ3v) is 2.13. The zero-order valence-electron chi connectivity index (χ0n) is 9.06.